The molecule has 3 N–H and O–H groups in total. The average Bonchev–Trinajstić information content (AvgIpc) is 2.94. The van der Waals surface area contributed by atoms with Gasteiger partial charge in [0.05, 0.1) is 12.2 Å². The van der Waals surface area contributed by atoms with Gasteiger partial charge in [-0.15, -0.1) is 11.3 Å². The molecule has 0 aliphatic rings. The second-order valence-electron chi connectivity index (χ2n) is 3.85. The van der Waals surface area contributed by atoms with Crippen molar-refractivity contribution in [1.82, 2.24) is 0 Å². The summed E-state index contributed by atoms with van der Waals surface area (Å²) in [4.78, 5) is 12.3. The summed E-state index contributed by atoms with van der Waals surface area (Å²) in [7, 11) is 0. The van der Waals surface area contributed by atoms with E-state index >= 15 is 0 Å². The number of nitrogens with one attached hydrogen (secondary N) is 1. The molecule has 0 aliphatic carbocycles. The van der Waals surface area contributed by atoms with Crippen LogP contribution >= 0.6 is 11.3 Å². The highest BCUT2D eigenvalue weighted by atomic mass is 32.1. The van der Waals surface area contributed by atoms with Crippen LogP contribution in [-0.2, 0) is 0 Å². The Morgan fingerprint density at radius 1 is 1.24 bits per heavy atom. The molecule has 1 aromatic heterocycles. The maximum atomic E-state index is 13.5. The number of benzene rings is 1. The molecule has 1 heterocycles. The molecule has 0 aliphatic heterocycles. The van der Waals surface area contributed by atoms with Crippen molar-refractivity contribution < 1.29 is 18.0 Å². The van der Waals surface area contributed by atoms with Crippen molar-refractivity contribution in [2.45, 2.75) is 0 Å². The Balaban J connectivity index is 2.27. The van der Waals surface area contributed by atoms with Gasteiger partial charge < -0.3 is 11.1 Å². The largest absolute Gasteiger partial charge is 0.320 e. The second kappa shape index (κ2) is 6.43. The van der Waals surface area contributed by atoms with Gasteiger partial charge in [0.15, 0.2) is 17.5 Å². The van der Waals surface area contributed by atoms with Gasteiger partial charge in [-0.1, -0.05) is 11.8 Å². The summed E-state index contributed by atoms with van der Waals surface area (Å²) in [5.74, 6) is 0.234. The lowest BCUT2D eigenvalue weighted by atomic mass is 10.2. The van der Waals surface area contributed by atoms with Crippen molar-refractivity contribution in [2.75, 3.05) is 11.9 Å². The molecule has 0 unspecified atom stereocenters. The third-order valence-electron chi connectivity index (χ3n) is 2.48. The van der Waals surface area contributed by atoms with Crippen LogP contribution in [0.3, 0.4) is 0 Å². The molecule has 1 amide bonds. The maximum Gasteiger partial charge on any atom is 0.267 e. The summed E-state index contributed by atoms with van der Waals surface area (Å²) in [5, 5.41) is 3.82. The van der Waals surface area contributed by atoms with E-state index in [2.05, 4.69) is 17.2 Å². The second-order valence-corrected chi connectivity index (χ2v) is 4.76. The van der Waals surface area contributed by atoms with E-state index in [1.807, 2.05) is 0 Å². The van der Waals surface area contributed by atoms with Crippen LogP contribution in [0, 0.1) is 29.3 Å². The highest BCUT2D eigenvalue weighted by Crippen LogP contribution is 2.22. The fraction of sp³-hybridized carbons (Fsp3) is 0.0714. The Hall–Kier alpha value is -2.30. The Labute approximate surface area is 122 Å². The molecule has 0 fully saturated rings. The number of carbonyl (C=O) groups is 1. The highest BCUT2D eigenvalue weighted by molar-refractivity contribution is 7.12. The number of nitrogens with two attached hydrogens (primary N) is 1. The van der Waals surface area contributed by atoms with Gasteiger partial charge in [-0.05, 0) is 23.6 Å². The Kier molecular flexibility index (Phi) is 4.62. The molecule has 0 saturated carbocycles. The van der Waals surface area contributed by atoms with Crippen LogP contribution < -0.4 is 11.1 Å². The van der Waals surface area contributed by atoms with E-state index in [1.165, 1.54) is 0 Å². The van der Waals surface area contributed by atoms with Crippen LogP contribution in [0.15, 0.2) is 23.6 Å². The van der Waals surface area contributed by atoms with E-state index in [-0.39, 0.29) is 11.4 Å². The fourth-order valence-corrected chi connectivity index (χ4v) is 2.28. The SMILES string of the molecule is NCC#Cc1ccsc1C(=O)Nc1ccc(F)c(F)c1F. The van der Waals surface area contributed by atoms with Crippen molar-refractivity contribution in [3.05, 3.63) is 51.5 Å². The number of hydrogen-bond donors (Lipinski definition) is 2. The molecule has 3 nitrogen and oxygen atoms in total. The first-order valence-electron chi connectivity index (χ1n) is 5.76. The first-order valence-corrected chi connectivity index (χ1v) is 6.64. The molecule has 7 heteroatoms. The minimum Gasteiger partial charge on any atom is -0.320 e. The highest BCUT2D eigenvalue weighted by Gasteiger charge is 2.18. The molecular weight excluding hydrogens is 301 g/mol. The van der Waals surface area contributed by atoms with Crippen molar-refractivity contribution in [3.63, 3.8) is 0 Å². The van der Waals surface area contributed by atoms with Gasteiger partial charge >= 0.3 is 0 Å². The lowest BCUT2D eigenvalue weighted by Gasteiger charge is -2.06. The van der Waals surface area contributed by atoms with E-state index in [9.17, 15) is 18.0 Å². The lowest BCUT2D eigenvalue weighted by Crippen LogP contribution is -2.13. The standard InChI is InChI=1S/C14H9F3N2OS/c15-9-3-4-10(12(17)11(9)16)19-14(20)13-8(2-1-6-18)5-7-21-13/h3-5,7H,6,18H2,(H,19,20). The number of hydrogen-bond acceptors (Lipinski definition) is 3. The minimum atomic E-state index is -1.64. The van der Waals surface area contributed by atoms with E-state index in [1.54, 1.807) is 11.4 Å². The van der Waals surface area contributed by atoms with Crippen molar-refractivity contribution in [2.24, 2.45) is 5.73 Å². The molecule has 108 valence electrons. The number of rotatable bonds is 2. The zero-order valence-electron chi connectivity index (χ0n) is 10.5. The van der Waals surface area contributed by atoms with Gasteiger partial charge in [-0.2, -0.15) is 0 Å². The van der Waals surface area contributed by atoms with E-state index < -0.39 is 29.0 Å². The van der Waals surface area contributed by atoms with Gasteiger partial charge in [0, 0.05) is 5.56 Å². The number of anilines is 1. The zero-order chi connectivity index (χ0) is 15.4. The fourth-order valence-electron chi connectivity index (χ4n) is 1.53. The summed E-state index contributed by atoms with van der Waals surface area (Å²) in [6.45, 7) is 0.134. The monoisotopic (exact) mass is 310 g/mol. The van der Waals surface area contributed by atoms with Crippen LogP contribution in [0.4, 0.5) is 18.9 Å². The van der Waals surface area contributed by atoms with Crippen molar-refractivity contribution >= 4 is 22.9 Å². The third-order valence-corrected chi connectivity index (χ3v) is 3.39. The predicted octanol–water partition coefficient (Wildman–Crippen LogP) is 2.73. The van der Waals surface area contributed by atoms with Gasteiger partial charge in [0.1, 0.15) is 4.88 Å². The summed E-state index contributed by atoms with van der Waals surface area (Å²) >= 11 is 1.09. The Morgan fingerprint density at radius 3 is 2.71 bits per heavy atom. The lowest BCUT2D eigenvalue weighted by molar-refractivity contribution is 0.102. The van der Waals surface area contributed by atoms with E-state index in [0.717, 1.165) is 23.5 Å². The van der Waals surface area contributed by atoms with E-state index in [0.29, 0.717) is 5.56 Å². The van der Waals surface area contributed by atoms with Crippen LogP contribution in [0.1, 0.15) is 15.2 Å². The maximum absolute atomic E-state index is 13.5. The van der Waals surface area contributed by atoms with Crippen LogP contribution in [0.5, 0.6) is 0 Å². The quantitative estimate of drug-likeness (QED) is 0.662. The Bertz CT molecular complexity index is 746. The molecule has 0 radical (unpaired) electrons. The number of carbonyl (C=O) groups excluding carboxylic acids is 1. The van der Waals surface area contributed by atoms with Crippen molar-refractivity contribution in [3.8, 4) is 11.8 Å². The number of halogens is 3. The Morgan fingerprint density at radius 2 is 2.00 bits per heavy atom. The summed E-state index contributed by atoms with van der Waals surface area (Å²) in [5.41, 5.74) is 5.24. The molecule has 0 atom stereocenters. The van der Waals surface area contributed by atoms with Gasteiger partial charge in [-0.25, -0.2) is 13.2 Å². The van der Waals surface area contributed by atoms with Gasteiger partial charge in [-0.3, -0.25) is 4.79 Å². The number of thiophene rings is 1. The van der Waals surface area contributed by atoms with Crippen LogP contribution in [0.2, 0.25) is 0 Å². The van der Waals surface area contributed by atoms with E-state index in [4.69, 9.17) is 5.73 Å². The molecular formula is C14H9F3N2OS. The minimum absolute atomic E-state index is 0.134. The smallest absolute Gasteiger partial charge is 0.267 e. The van der Waals surface area contributed by atoms with Gasteiger partial charge in [0.2, 0.25) is 0 Å². The molecule has 0 spiro atoms. The summed E-state index contributed by atoms with van der Waals surface area (Å²) in [6.07, 6.45) is 0. The first kappa shape index (κ1) is 15.1. The normalized spacial score (nSPS) is 9.90. The first-order chi connectivity index (χ1) is 10.0. The summed E-state index contributed by atoms with van der Waals surface area (Å²) in [6, 6.07) is 3.30. The predicted molar refractivity (Wildman–Crippen MR) is 74.5 cm³/mol. The van der Waals surface area contributed by atoms with Crippen LogP contribution in [-0.4, -0.2) is 12.5 Å². The molecule has 0 saturated heterocycles. The molecule has 2 rings (SSSR count). The summed E-state index contributed by atoms with van der Waals surface area (Å²) < 4.78 is 39.4. The molecule has 1 aromatic carbocycles. The third kappa shape index (κ3) is 3.24. The molecule has 21 heavy (non-hydrogen) atoms. The zero-order valence-corrected chi connectivity index (χ0v) is 11.4. The van der Waals surface area contributed by atoms with Gasteiger partial charge in [0.25, 0.3) is 5.91 Å². The topological polar surface area (TPSA) is 55.1 Å². The number of amides is 1. The van der Waals surface area contributed by atoms with Crippen molar-refractivity contribution in [1.29, 1.82) is 0 Å². The average molecular weight is 310 g/mol. The van der Waals surface area contributed by atoms with Crippen LogP contribution in [0.25, 0.3) is 0 Å². The molecule has 2 aromatic rings. The molecule has 0 bridgehead atoms.